The molecule has 0 radical (unpaired) electrons. The largest absolute Gasteiger partial charge is 0.351 e. The van der Waals surface area contributed by atoms with Gasteiger partial charge in [0.05, 0.1) is 6.54 Å². The Labute approximate surface area is 181 Å². The Balaban J connectivity index is 0.00000243. The lowest BCUT2D eigenvalue weighted by molar-refractivity contribution is 0.293. The second-order valence-corrected chi connectivity index (χ2v) is 11.2. The number of thiophene rings is 1. The number of rotatable bonds is 3. The number of primary sulfonamides is 1. The highest BCUT2D eigenvalue weighted by Crippen LogP contribution is 2.42. The van der Waals surface area contributed by atoms with Crippen molar-refractivity contribution < 1.29 is 8.42 Å². The quantitative estimate of drug-likeness (QED) is 0.357. The van der Waals surface area contributed by atoms with E-state index >= 15 is 0 Å². The SMILES string of the molecule is CN=C(NCc1ccc(S(N)(=O)=O)s1)N1CCSC2(CCCCC2)C1.I. The number of halogens is 1. The lowest BCUT2D eigenvalue weighted by Gasteiger charge is -2.45. The van der Waals surface area contributed by atoms with E-state index in [2.05, 4.69) is 27.0 Å². The van der Waals surface area contributed by atoms with Crippen LogP contribution in [-0.4, -0.2) is 49.9 Å². The fourth-order valence-corrected chi connectivity index (χ4v) is 6.92. The highest BCUT2D eigenvalue weighted by molar-refractivity contribution is 14.0. The van der Waals surface area contributed by atoms with Crippen LogP contribution in [0.15, 0.2) is 21.3 Å². The van der Waals surface area contributed by atoms with Gasteiger partial charge in [0.1, 0.15) is 4.21 Å². The Hall–Kier alpha value is -0.0400. The first-order chi connectivity index (χ1) is 11.9. The molecule has 1 saturated carbocycles. The van der Waals surface area contributed by atoms with Crippen LogP contribution in [0.3, 0.4) is 0 Å². The molecule has 1 saturated heterocycles. The highest BCUT2D eigenvalue weighted by Gasteiger charge is 2.38. The maximum Gasteiger partial charge on any atom is 0.247 e. The first-order valence-corrected chi connectivity index (χ1v) is 12.0. The van der Waals surface area contributed by atoms with Gasteiger partial charge in [-0.1, -0.05) is 19.3 Å². The second-order valence-electron chi connectivity index (χ2n) is 6.68. The number of nitrogens with one attached hydrogen (secondary N) is 1. The topological polar surface area (TPSA) is 87.8 Å². The fraction of sp³-hybridized carbons (Fsp3) is 0.688. The van der Waals surface area contributed by atoms with Crippen molar-refractivity contribution in [3.8, 4) is 0 Å². The van der Waals surface area contributed by atoms with Crippen LogP contribution in [0.25, 0.3) is 0 Å². The van der Waals surface area contributed by atoms with Crippen LogP contribution < -0.4 is 10.5 Å². The van der Waals surface area contributed by atoms with Crippen LogP contribution in [0.4, 0.5) is 0 Å². The van der Waals surface area contributed by atoms with Crippen molar-refractivity contribution in [3.63, 3.8) is 0 Å². The zero-order valence-electron chi connectivity index (χ0n) is 14.9. The van der Waals surface area contributed by atoms with Gasteiger partial charge in [0.15, 0.2) is 5.96 Å². The van der Waals surface area contributed by atoms with Crippen molar-refractivity contribution >= 4 is 63.1 Å². The van der Waals surface area contributed by atoms with Gasteiger partial charge in [-0.2, -0.15) is 11.8 Å². The summed E-state index contributed by atoms with van der Waals surface area (Å²) < 4.78 is 23.4. The summed E-state index contributed by atoms with van der Waals surface area (Å²) in [4.78, 5) is 7.74. The minimum atomic E-state index is -3.62. The van der Waals surface area contributed by atoms with Gasteiger partial charge in [0.25, 0.3) is 0 Å². The van der Waals surface area contributed by atoms with E-state index in [1.54, 1.807) is 12.1 Å². The van der Waals surface area contributed by atoms with Crippen LogP contribution in [0.2, 0.25) is 0 Å². The summed E-state index contributed by atoms with van der Waals surface area (Å²) in [7, 11) is -1.81. The molecule has 0 amide bonds. The van der Waals surface area contributed by atoms with Crippen LogP contribution in [0.5, 0.6) is 0 Å². The molecule has 3 rings (SSSR count). The molecular weight excluding hydrogens is 503 g/mol. The van der Waals surface area contributed by atoms with Crippen molar-refractivity contribution in [2.24, 2.45) is 10.1 Å². The lowest BCUT2D eigenvalue weighted by atomic mass is 9.87. The van der Waals surface area contributed by atoms with E-state index in [4.69, 9.17) is 5.14 Å². The van der Waals surface area contributed by atoms with Gasteiger partial charge in [-0.25, -0.2) is 13.6 Å². The molecule has 3 N–H and O–H groups in total. The van der Waals surface area contributed by atoms with Crippen LogP contribution in [-0.2, 0) is 16.6 Å². The molecule has 0 aromatic carbocycles. The summed E-state index contributed by atoms with van der Waals surface area (Å²) in [6.07, 6.45) is 6.62. The molecule has 148 valence electrons. The zero-order valence-corrected chi connectivity index (χ0v) is 19.7. The molecule has 0 atom stereocenters. The molecule has 2 heterocycles. The van der Waals surface area contributed by atoms with Gasteiger partial charge in [-0.05, 0) is 25.0 Å². The Morgan fingerprint density at radius 2 is 2.08 bits per heavy atom. The van der Waals surface area contributed by atoms with Gasteiger partial charge in [-0.3, -0.25) is 4.99 Å². The Morgan fingerprint density at radius 3 is 2.69 bits per heavy atom. The van der Waals surface area contributed by atoms with E-state index in [1.165, 1.54) is 43.4 Å². The molecule has 0 unspecified atom stereocenters. The third-order valence-corrected chi connectivity index (χ3v) is 8.92. The Bertz CT molecular complexity index is 724. The third kappa shape index (κ3) is 5.49. The predicted octanol–water partition coefficient (Wildman–Crippen LogP) is 2.84. The van der Waals surface area contributed by atoms with Crippen molar-refractivity contribution in [2.45, 2.75) is 47.6 Å². The number of sulfonamides is 1. The molecule has 1 aromatic heterocycles. The van der Waals surface area contributed by atoms with E-state index in [1.807, 2.05) is 7.05 Å². The summed E-state index contributed by atoms with van der Waals surface area (Å²) in [5.41, 5.74) is 0. The molecule has 1 aromatic rings. The number of guanidine groups is 1. The Kier molecular flexibility index (Phi) is 8.08. The average Bonchev–Trinajstić information content (AvgIpc) is 3.06. The summed E-state index contributed by atoms with van der Waals surface area (Å²) in [6, 6.07) is 3.37. The zero-order chi connectivity index (χ0) is 17.9. The summed E-state index contributed by atoms with van der Waals surface area (Å²) in [5, 5.41) is 8.56. The van der Waals surface area contributed by atoms with Gasteiger partial charge in [0.2, 0.25) is 10.0 Å². The maximum absolute atomic E-state index is 11.4. The van der Waals surface area contributed by atoms with Gasteiger partial charge >= 0.3 is 0 Å². The molecule has 2 fully saturated rings. The molecule has 1 aliphatic heterocycles. The third-order valence-electron chi connectivity index (χ3n) is 4.86. The monoisotopic (exact) mass is 530 g/mol. The van der Waals surface area contributed by atoms with Crippen LogP contribution >= 0.6 is 47.1 Å². The summed E-state index contributed by atoms with van der Waals surface area (Å²) >= 11 is 3.34. The van der Waals surface area contributed by atoms with Crippen molar-refractivity contribution in [1.29, 1.82) is 0 Å². The van der Waals surface area contributed by atoms with Crippen molar-refractivity contribution in [2.75, 3.05) is 25.9 Å². The van der Waals surface area contributed by atoms with Gasteiger partial charge < -0.3 is 10.2 Å². The molecule has 1 aliphatic carbocycles. The van der Waals surface area contributed by atoms with Crippen LogP contribution in [0.1, 0.15) is 37.0 Å². The molecule has 10 heteroatoms. The standard InChI is InChI=1S/C16H26N4O2S3.HI/c1-18-15(19-11-13-5-6-14(24-13)25(17,21)22)20-9-10-23-16(12-20)7-3-2-4-8-16;/h5-6H,2-4,7-12H2,1H3,(H,18,19)(H2,17,21,22);1H. The molecule has 1 spiro atoms. The van der Waals surface area contributed by atoms with Crippen molar-refractivity contribution in [1.82, 2.24) is 10.2 Å². The number of aliphatic imine (C=N–C) groups is 1. The van der Waals surface area contributed by atoms with Gasteiger partial charge in [0, 0.05) is 35.5 Å². The maximum atomic E-state index is 11.4. The molecular formula is C16H27IN4O2S3. The highest BCUT2D eigenvalue weighted by atomic mass is 127. The summed E-state index contributed by atoms with van der Waals surface area (Å²) in [5.74, 6) is 2.03. The smallest absolute Gasteiger partial charge is 0.247 e. The summed E-state index contributed by atoms with van der Waals surface area (Å²) in [6.45, 7) is 2.60. The number of nitrogens with zero attached hydrogens (tertiary/aromatic N) is 2. The molecule has 2 aliphatic rings. The minimum absolute atomic E-state index is 0. The minimum Gasteiger partial charge on any atom is -0.351 e. The lowest BCUT2D eigenvalue weighted by Crippen LogP contribution is -2.53. The van der Waals surface area contributed by atoms with Gasteiger partial charge in [-0.15, -0.1) is 35.3 Å². The average molecular weight is 531 g/mol. The van der Waals surface area contributed by atoms with Crippen molar-refractivity contribution in [3.05, 3.63) is 17.0 Å². The van der Waals surface area contributed by atoms with E-state index in [0.29, 0.717) is 11.3 Å². The number of hydrogen-bond donors (Lipinski definition) is 2. The van der Waals surface area contributed by atoms with E-state index in [-0.39, 0.29) is 28.2 Å². The normalized spacial score (nSPS) is 20.7. The Morgan fingerprint density at radius 1 is 1.35 bits per heavy atom. The first-order valence-electron chi connectivity index (χ1n) is 8.63. The second kappa shape index (κ2) is 9.44. The van der Waals surface area contributed by atoms with E-state index < -0.39 is 10.0 Å². The molecule has 26 heavy (non-hydrogen) atoms. The van der Waals surface area contributed by atoms with Crippen LogP contribution in [0, 0.1) is 0 Å². The molecule has 0 bridgehead atoms. The number of hydrogen-bond acceptors (Lipinski definition) is 5. The number of thioether (sulfide) groups is 1. The first kappa shape index (κ1) is 22.3. The molecule has 6 nitrogen and oxygen atoms in total. The van der Waals surface area contributed by atoms with E-state index in [9.17, 15) is 8.42 Å². The predicted molar refractivity (Wildman–Crippen MR) is 121 cm³/mol. The van der Waals surface area contributed by atoms with E-state index in [0.717, 1.165) is 29.7 Å². The fourth-order valence-electron chi connectivity index (χ4n) is 3.63. The number of nitrogens with two attached hydrogens (primary N) is 1.